The number of fused-ring (bicyclic) bond motifs is 1. The molecule has 3 heteroatoms. The Bertz CT molecular complexity index is 2140. The van der Waals surface area contributed by atoms with Crippen molar-refractivity contribution in [3.05, 3.63) is 178 Å². The molecule has 0 aliphatic heterocycles. The first-order chi connectivity index (χ1) is 30.1. The molecule has 318 valence electrons. The zero-order chi connectivity index (χ0) is 41.0. The minimum Gasteiger partial charge on any atom is -0.379 e. The van der Waals surface area contributed by atoms with Gasteiger partial charge in [-0.3, -0.25) is 0 Å². The molecule has 3 nitrogen and oxygen atoms in total. The van der Waals surface area contributed by atoms with Gasteiger partial charge in [-0.15, -0.1) is 0 Å². The van der Waals surface area contributed by atoms with Crippen LogP contribution in [0, 0.1) is 29.6 Å². The van der Waals surface area contributed by atoms with Crippen LogP contribution in [0.5, 0.6) is 0 Å². The summed E-state index contributed by atoms with van der Waals surface area (Å²) < 4.78 is 0. The molecule has 10 aliphatic carbocycles. The van der Waals surface area contributed by atoms with E-state index >= 15 is 0 Å². The molecule has 1 N–H and O–H groups in total. The van der Waals surface area contributed by atoms with Crippen LogP contribution < -0.4 is 5.32 Å². The van der Waals surface area contributed by atoms with Crippen molar-refractivity contribution in [3.8, 4) is 0 Å². The van der Waals surface area contributed by atoms with E-state index in [0.717, 1.165) is 50.4 Å². The molecule has 7 atom stereocenters. The summed E-state index contributed by atoms with van der Waals surface area (Å²) in [4.78, 5) is 5.51. The first-order valence-corrected chi connectivity index (χ1v) is 24.8. The zero-order valence-corrected chi connectivity index (χ0v) is 37.0. The van der Waals surface area contributed by atoms with Crippen LogP contribution >= 0.6 is 0 Å². The highest BCUT2D eigenvalue weighted by molar-refractivity contribution is 5.47. The van der Waals surface area contributed by atoms with Crippen molar-refractivity contribution in [2.45, 2.75) is 147 Å². The molecule has 10 rings (SSSR count). The molecular weight excluding hydrogens is 739 g/mol. The van der Waals surface area contributed by atoms with Crippen LogP contribution in [-0.2, 0) is 0 Å². The van der Waals surface area contributed by atoms with Crippen LogP contribution in [0.25, 0.3) is 0 Å². The molecule has 0 saturated heterocycles. The molecule has 61 heavy (non-hydrogen) atoms. The van der Waals surface area contributed by atoms with Gasteiger partial charge in [-0.25, -0.2) is 0 Å². The van der Waals surface area contributed by atoms with Crippen molar-refractivity contribution >= 4 is 0 Å². The van der Waals surface area contributed by atoms with Gasteiger partial charge in [0.2, 0.25) is 0 Å². The van der Waals surface area contributed by atoms with Gasteiger partial charge >= 0.3 is 0 Å². The number of hydrogen-bond donors (Lipinski definition) is 1. The van der Waals surface area contributed by atoms with Gasteiger partial charge in [0, 0.05) is 46.3 Å². The van der Waals surface area contributed by atoms with Gasteiger partial charge in [0.1, 0.15) is 0 Å². The fraction of sp³-hybridized carbons (Fsp3) is 0.483. The number of hydrogen-bond acceptors (Lipinski definition) is 3. The SMILES string of the molecule is C=C/C=C\C1C=CC(N(C2=CC=C(N(C3=CCC(C4C=CC(NC5C=CC6=C(CCCC6)C5)=CC4)C=C3)C3=CC4=C(CCC=C4)CC3)CC2)C2CCC3CCCCC3C2)=CC1. The molecule has 7 unspecified atom stereocenters. The maximum absolute atomic E-state index is 3.91. The van der Waals surface area contributed by atoms with Crippen molar-refractivity contribution in [1.82, 2.24) is 15.1 Å². The first-order valence-electron chi connectivity index (χ1n) is 24.8. The van der Waals surface area contributed by atoms with Crippen molar-refractivity contribution in [2.24, 2.45) is 29.6 Å². The van der Waals surface area contributed by atoms with E-state index in [1.807, 2.05) is 6.08 Å². The van der Waals surface area contributed by atoms with Crippen LogP contribution in [0.4, 0.5) is 0 Å². The predicted molar refractivity (Wildman–Crippen MR) is 256 cm³/mol. The summed E-state index contributed by atoms with van der Waals surface area (Å²) in [5.74, 6) is 3.39. The third-order valence-corrected chi connectivity index (χ3v) is 16.1. The average Bonchev–Trinajstić information content (AvgIpc) is 3.32. The minimum absolute atomic E-state index is 0.430. The third kappa shape index (κ3) is 9.19. The molecule has 0 aromatic rings. The second-order valence-corrected chi connectivity index (χ2v) is 19.9. The van der Waals surface area contributed by atoms with E-state index in [0.29, 0.717) is 29.8 Å². The largest absolute Gasteiger partial charge is 0.379 e. The lowest BCUT2D eigenvalue weighted by Gasteiger charge is -2.46. The molecule has 0 bridgehead atoms. The lowest BCUT2D eigenvalue weighted by Crippen LogP contribution is -2.41. The summed E-state index contributed by atoms with van der Waals surface area (Å²) in [6.45, 7) is 3.91. The summed E-state index contributed by atoms with van der Waals surface area (Å²) in [7, 11) is 0. The van der Waals surface area contributed by atoms with Gasteiger partial charge in [0.05, 0.1) is 0 Å². The second-order valence-electron chi connectivity index (χ2n) is 19.9. The second kappa shape index (κ2) is 18.9. The van der Waals surface area contributed by atoms with Gasteiger partial charge in [-0.1, -0.05) is 122 Å². The van der Waals surface area contributed by atoms with E-state index in [-0.39, 0.29) is 0 Å². The molecular formula is C58H71N3. The third-order valence-electron chi connectivity index (χ3n) is 16.1. The van der Waals surface area contributed by atoms with Crippen LogP contribution in [-0.4, -0.2) is 21.9 Å². The van der Waals surface area contributed by atoms with Crippen LogP contribution in [0.15, 0.2) is 178 Å². The molecule has 0 aromatic heterocycles. The van der Waals surface area contributed by atoms with E-state index in [2.05, 4.69) is 131 Å². The summed E-state index contributed by atoms with van der Waals surface area (Å²) in [5.41, 5.74) is 15.0. The van der Waals surface area contributed by atoms with E-state index in [9.17, 15) is 0 Å². The van der Waals surface area contributed by atoms with Gasteiger partial charge in [-0.05, 0) is 186 Å². The van der Waals surface area contributed by atoms with E-state index in [1.54, 1.807) is 16.7 Å². The lowest BCUT2D eigenvalue weighted by atomic mass is 9.69. The molecule has 0 radical (unpaired) electrons. The van der Waals surface area contributed by atoms with Crippen molar-refractivity contribution in [3.63, 3.8) is 0 Å². The van der Waals surface area contributed by atoms with E-state index in [1.165, 1.54) is 136 Å². The van der Waals surface area contributed by atoms with Crippen molar-refractivity contribution in [2.75, 3.05) is 0 Å². The number of nitrogens with zero attached hydrogens (tertiary/aromatic N) is 2. The van der Waals surface area contributed by atoms with Gasteiger partial charge < -0.3 is 15.1 Å². The normalized spacial score (nSPS) is 32.2. The maximum atomic E-state index is 3.91. The fourth-order valence-electron chi connectivity index (χ4n) is 12.7. The van der Waals surface area contributed by atoms with E-state index in [4.69, 9.17) is 0 Å². The van der Waals surface area contributed by atoms with Gasteiger partial charge in [0.15, 0.2) is 0 Å². The van der Waals surface area contributed by atoms with E-state index < -0.39 is 0 Å². The van der Waals surface area contributed by atoms with Gasteiger partial charge in [0.25, 0.3) is 0 Å². The molecule has 0 aromatic carbocycles. The topological polar surface area (TPSA) is 18.5 Å². The lowest BCUT2D eigenvalue weighted by molar-refractivity contribution is 0.106. The Morgan fingerprint density at radius 3 is 2.25 bits per heavy atom. The highest BCUT2D eigenvalue weighted by atomic mass is 15.2. The van der Waals surface area contributed by atoms with Gasteiger partial charge in [-0.2, -0.15) is 0 Å². The Labute approximate surface area is 368 Å². The highest BCUT2D eigenvalue weighted by Crippen LogP contribution is 2.46. The Morgan fingerprint density at radius 2 is 1.44 bits per heavy atom. The zero-order valence-electron chi connectivity index (χ0n) is 37.0. The molecule has 2 saturated carbocycles. The monoisotopic (exact) mass is 810 g/mol. The average molecular weight is 810 g/mol. The minimum atomic E-state index is 0.430. The Balaban J connectivity index is 0.871. The number of allylic oxidation sites excluding steroid dienone is 24. The fourth-order valence-corrected chi connectivity index (χ4v) is 12.7. The predicted octanol–water partition coefficient (Wildman–Crippen LogP) is 14.7. The standard InChI is InChI=1S/C58H71N3/c1-2-3-10-42-17-29-53(30-18-42)60(57-33-24-44-12-5-8-15-49(44)40-57)55-35-37-56(38-36-55)61(58-34-25-45-13-6-9-16-50(45)41-58)54-31-22-47(23-32-54)46-19-26-51(27-20-46)59-52-28-21-43-11-4-7-14-48(43)39-52/h2-3,9-10,16-17,19,21-22,26-32,35,37,41-42,44,46-47,49,52,57,59H,1,4-8,11-15,18,20,23-25,33-34,36,38-40H2/b10-3-. The molecule has 2 fully saturated rings. The smallest absolute Gasteiger partial charge is 0.0484 e. The van der Waals surface area contributed by atoms with Crippen LogP contribution in [0.2, 0.25) is 0 Å². The summed E-state index contributed by atoms with van der Waals surface area (Å²) in [5, 5.41) is 3.87. The number of rotatable bonds is 11. The maximum Gasteiger partial charge on any atom is 0.0484 e. The summed E-state index contributed by atoms with van der Waals surface area (Å²) in [6, 6.07) is 1.03. The molecule has 0 heterocycles. The Kier molecular flexibility index (Phi) is 12.5. The quantitative estimate of drug-likeness (QED) is 0.210. The molecule has 0 spiro atoms. The van der Waals surface area contributed by atoms with Crippen LogP contribution in [0.3, 0.4) is 0 Å². The summed E-state index contributed by atoms with van der Waals surface area (Å²) >= 11 is 0. The number of nitrogens with one attached hydrogen (secondary N) is 1. The molecule has 0 amide bonds. The summed E-state index contributed by atoms with van der Waals surface area (Å²) in [6.07, 6.45) is 72.3. The van der Waals surface area contributed by atoms with Crippen molar-refractivity contribution in [1.29, 1.82) is 0 Å². The van der Waals surface area contributed by atoms with Crippen molar-refractivity contribution < 1.29 is 0 Å². The Hall–Kier alpha value is -4.50. The highest BCUT2D eigenvalue weighted by Gasteiger charge is 2.37. The first kappa shape index (κ1) is 40.6. The molecule has 10 aliphatic rings. The Morgan fingerprint density at radius 1 is 0.639 bits per heavy atom. The van der Waals surface area contributed by atoms with Crippen LogP contribution in [0.1, 0.15) is 135 Å².